The van der Waals surface area contributed by atoms with Gasteiger partial charge in [0.15, 0.2) is 0 Å². The van der Waals surface area contributed by atoms with Crippen LogP contribution in [0.25, 0.3) is 0 Å². The molecule has 1 saturated heterocycles. The zero-order chi connectivity index (χ0) is 15.6. The molecule has 0 aromatic carbocycles. The predicted molar refractivity (Wildman–Crippen MR) is 72.1 cm³/mol. The Kier molecular flexibility index (Phi) is 4.58. The van der Waals surface area contributed by atoms with E-state index in [9.17, 15) is 18.0 Å². The number of hydrogen-bond donors (Lipinski definition) is 1. The number of amides is 1. The first-order valence-corrected chi connectivity index (χ1v) is 6.63. The molecule has 2 heterocycles. The molecule has 1 amide bonds. The van der Waals surface area contributed by atoms with Gasteiger partial charge in [0, 0.05) is 32.4 Å². The number of pyridine rings is 1. The summed E-state index contributed by atoms with van der Waals surface area (Å²) < 4.78 is 37.7. The zero-order valence-corrected chi connectivity index (χ0v) is 11.8. The van der Waals surface area contributed by atoms with Gasteiger partial charge in [-0.25, -0.2) is 4.98 Å². The van der Waals surface area contributed by atoms with Crippen LogP contribution in [0.5, 0.6) is 0 Å². The maximum Gasteiger partial charge on any atom is 0.417 e. The van der Waals surface area contributed by atoms with Gasteiger partial charge in [0.1, 0.15) is 5.82 Å². The molecule has 1 aromatic rings. The molecule has 9 heteroatoms. The largest absolute Gasteiger partial charge is 0.417 e. The molecule has 21 heavy (non-hydrogen) atoms. The number of halogens is 4. The lowest BCUT2D eigenvalue weighted by molar-refractivity contribution is -0.137. The van der Waals surface area contributed by atoms with Crippen molar-refractivity contribution in [2.45, 2.75) is 6.18 Å². The molecule has 1 aromatic heterocycles. The summed E-state index contributed by atoms with van der Waals surface area (Å²) in [6, 6.07) is 0.875. The minimum Gasteiger partial charge on any atom is -0.369 e. The van der Waals surface area contributed by atoms with E-state index in [-0.39, 0.29) is 11.6 Å². The lowest BCUT2D eigenvalue weighted by Crippen LogP contribution is -2.49. The van der Waals surface area contributed by atoms with Crippen molar-refractivity contribution in [1.29, 1.82) is 0 Å². The number of carbonyl (C=O) groups excluding carboxylic acids is 1. The third kappa shape index (κ3) is 3.98. The topological polar surface area (TPSA) is 62.5 Å². The lowest BCUT2D eigenvalue weighted by atomic mass is 10.2. The maximum absolute atomic E-state index is 12.6. The first-order chi connectivity index (χ1) is 9.77. The van der Waals surface area contributed by atoms with E-state index in [1.165, 1.54) is 0 Å². The summed E-state index contributed by atoms with van der Waals surface area (Å²) in [4.78, 5) is 18.3. The van der Waals surface area contributed by atoms with Crippen LogP contribution in [0.15, 0.2) is 12.3 Å². The van der Waals surface area contributed by atoms with Gasteiger partial charge >= 0.3 is 6.18 Å². The summed E-state index contributed by atoms with van der Waals surface area (Å²) in [6.07, 6.45) is -3.69. The third-order valence-electron chi connectivity index (χ3n) is 3.20. The molecule has 116 valence electrons. The van der Waals surface area contributed by atoms with E-state index in [1.54, 1.807) is 4.90 Å². The highest BCUT2D eigenvalue weighted by Crippen LogP contribution is 2.33. The van der Waals surface area contributed by atoms with Gasteiger partial charge in [0.25, 0.3) is 0 Å². The first kappa shape index (κ1) is 15.8. The van der Waals surface area contributed by atoms with Crippen molar-refractivity contribution in [3.8, 4) is 0 Å². The van der Waals surface area contributed by atoms with Gasteiger partial charge in [-0.05, 0) is 6.07 Å². The van der Waals surface area contributed by atoms with Crippen molar-refractivity contribution >= 4 is 23.3 Å². The summed E-state index contributed by atoms with van der Waals surface area (Å²) in [6.45, 7) is 2.35. The highest BCUT2D eigenvalue weighted by atomic mass is 35.5. The zero-order valence-electron chi connectivity index (χ0n) is 11.0. The second-order valence-electron chi connectivity index (χ2n) is 4.76. The summed E-state index contributed by atoms with van der Waals surface area (Å²) in [5.74, 6) is -0.0856. The Morgan fingerprint density at radius 1 is 1.33 bits per heavy atom. The second kappa shape index (κ2) is 6.07. The number of piperazine rings is 1. The Bertz CT molecular complexity index is 530. The van der Waals surface area contributed by atoms with Crippen LogP contribution < -0.4 is 10.6 Å². The molecule has 0 saturated carbocycles. The van der Waals surface area contributed by atoms with E-state index in [0.717, 1.165) is 12.3 Å². The molecule has 1 aliphatic heterocycles. The molecule has 0 bridgehead atoms. The minimum absolute atomic E-state index is 0.0341. The fourth-order valence-corrected chi connectivity index (χ4v) is 2.44. The van der Waals surface area contributed by atoms with E-state index < -0.39 is 17.6 Å². The SMILES string of the molecule is NC(=O)CN1CCN(c2ncc(C(F)(F)F)cc2Cl)CC1. The molecule has 2 rings (SSSR count). The Morgan fingerprint density at radius 2 is 1.95 bits per heavy atom. The first-order valence-electron chi connectivity index (χ1n) is 6.25. The molecular weight excluding hydrogens is 309 g/mol. The number of nitrogens with two attached hydrogens (primary N) is 1. The van der Waals surface area contributed by atoms with Gasteiger partial charge in [0.2, 0.25) is 5.91 Å². The molecular formula is C12H14ClF3N4O. The van der Waals surface area contributed by atoms with Crippen molar-refractivity contribution in [2.75, 3.05) is 37.6 Å². The summed E-state index contributed by atoms with van der Waals surface area (Å²) in [5, 5.41) is -0.0341. The van der Waals surface area contributed by atoms with Crippen LogP contribution in [0.4, 0.5) is 19.0 Å². The molecule has 0 aliphatic carbocycles. The van der Waals surface area contributed by atoms with Crippen molar-refractivity contribution < 1.29 is 18.0 Å². The van der Waals surface area contributed by atoms with Crippen LogP contribution in [-0.2, 0) is 11.0 Å². The Hall–Kier alpha value is -1.54. The molecule has 1 fully saturated rings. The second-order valence-corrected chi connectivity index (χ2v) is 5.16. The average Bonchev–Trinajstić information content (AvgIpc) is 2.38. The molecule has 0 radical (unpaired) electrons. The fourth-order valence-electron chi connectivity index (χ4n) is 2.16. The minimum atomic E-state index is -4.46. The van der Waals surface area contributed by atoms with Gasteiger partial charge in [-0.2, -0.15) is 13.2 Å². The number of carbonyl (C=O) groups is 1. The Morgan fingerprint density at radius 3 is 2.43 bits per heavy atom. The number of alkyl halides is 3. The maximum atomic E-state index is 12.6. The van der Waals surface area contributed by atoms with E-state index >= 15 is 0 Å². The smallest absolute Gasteiger partial charge is 0.369 e. The number of primary amides is 1. The molecule has 0 spiro atoms. The van der Waals surface area contributed by atoms with Crippen molar-refractivity contribution in [1.82, 2.24) is 9.88 Å². The number of aromatic nitrogens is 1. The lowest BCUT2D eigenvalue weighted by Gasteiger charge is -2.35. The van der Waals surface area contributed by atoms with Crippen molar-refractivity contribution in [3.05, 3.63) is 22.8 Å². The number of hydrogen-bond acceptors (Lipinski definition) is 4. The quantitative estimate of drug-likeness (QED) is 0.913. The van der Waals surface area contributed by atoms with Gasteiger partial charge in [-0.15, -0.1) is 0 Å². The van der Waals surface area contributed by atoms with Crippen LogP contribution in [0.2, 0.25) is 5.02 Å². The molecule has 0 unspecified atom stereocenters. The van der Waals surface area contributed by atoms with Gasteiger partial charge < -0.3 is 10.6 Å². The Labute approximate surface area is 124 Å². The van der Waals surface area contributed by atoms with Crippen LogP contribution in [0.1, 0.15) is 5.56 Å². The molecule has 0 atom stereocenters. The van der Waals surface area contributed by atoms with E-state index in [1.807, 2.05) is 4.90 Å². The van der Waals surface area contributed by atoms with E-state index in [0.29, 0.717) is 32.0 Å². The number of rotatable bonds is 3. The van der Waals surface area contributed by atoms with Gasteiger partial charge in [-0.3, -0.25) is 9.69 Å². The summed E-state index contributed by atoms with van der Waals surface area (Å²) in [5.41, 5.74) is 4.24. The number of anilines is 1. The van der Waals surface area contributed by atoms with E-state index in [2.05, 4.69) is 4.98 Å². The standard InChI is InChI=1S/C12H14ClF3N4O/c13-9-5-8(12(14,15)16)6-18-11(9)20-3-1-19(2-4-20)7-10(17)21/h5-6H,1-4,7H2,(H2,17,21). The molecule has 5 nitrogen and oxygen atoms in total. The highest BCUT2D eigenvalue weighted by Gasteiger charge is 2.32. The van der Waals surface area contributed by atoms with Crippen LogP contribution in [0.3, 0.4) is 0 Å². The van der Waals surface area contributed by atoms with Crippen LogP contribution in [-0.4, -0.2) is 48.5 Å². The highest BCUT2D eigenvalue weighted by molar-refractivity contribution is 6.33. The summed E-state index contributed by atoms with van der Waals surface area (Å²) >= 11 is 5.90. The van der Waals surface area contributed by atoms with E-state index in [4.69, 9.17) is 17.3 Å². The fraction of sp³-hybridized carbons (Fsp3) is 0.500. The molecule has 2 N–H and O–H groups in total. The predicted octanol–water partition coefficient (Wildman–Crippen LogP) is 1.36. The number of nitrogens with zero attached hydrogens (tertiary/aromatic N) is 3. The van der Waals surface area contributed by atoms with Crippen molar-refractivity contribution in [2.24, 2.45) is 5.73 Å². The van der Waals surface area contributed by atoms with Crippen LogP contribution >= 0.6 is 11.6 Å². The third-order valence-corrected chi connectivity index (χ3v) is 3.48. The monoisotopic (exact) mass is 322 g/mol. The van der Waals surface area contributed by atoms with Gasteiger partial charge in [0.05, 0.1) is 17.1 Å². The average molecular weight is 323 g/mol. The normalized spacial score (nSPS) is 17.0. The Balaban J connectivity index is 2.05. The molecule has 1 aliphatic rings. The van der Waals surface area contributed by atoms with Crippen LogP contribution in [0, 0.1) is 0 Å². The van der Waals surface area contributed by atoms with Crippen molar-refractivity contribution in [3.63, 3.8) is 0 Å². The van der Waals surface area contributed by atoms with Gasteiger partial charge in [-0.1, -0.05) is 11.6 Å². The summed E-state index contributed by atoms with van der Waals surface area (Å²) in [7, 11) is 0.